The number of carbonyl (C=O) groups excluding carboxylic acids is 1. The lowest BCUT2D eigenvalue weighted by atomic mass is 10.1. The molecule has 0 unspecified atom stereocenters. The summed E-state index contributed by atoms with van der Waals surface area (Å²) >= 11 is 9.63. The maximum absolute atomic E-state index is 13.7. The van der Waals surface area contributed by atoms with Gasteiger partial charge < -0.3 is 4.90 Å². The summed E-state index contributed by atoms with van der Waals surface area (Å²) < 4.78 is 29.3. The van der Waals surface area contributed by atoms with Crippen LogP contribution in [0.4, 0.5) is 14.5 Å². The molecule has 1 heterocycles. The van der Waals surface area contributed by atoms with Gasteiger partial charge in [0.1, 0.15) is 0 Å². The number of carbonyl (C=O) groups is 1. The van der Waals surface area contributed by atoms with E-state index in [0.29, 0.717) is 28.5 Å². The highest BCUT2D eigenvalue weighted by Gasteiger charge is 2.29. The highest BCUT2D eigenvalue weighted by Crippen LogP contribution is 2.32. The van der Waals surface area contributed by atoms with Gasteiger partial charge in [0.2, 0.25) is 0 Å². The van der Waals surface area contributed by atoms with Crippen molar-refractivity contribution in [1.82, 2.24) is 9.78 Å². The maximum atomic E-state index is 13.7. The Labute approximate surface area is 173 Å². The molecule has 0 aliphatic heterocycles. The molecule has 0 atom stereocenters. The molecule has 0 saturated carbocycles. The van der Waals surface area contributed by atoms with Crippen molar-refractivity contribution in [1.29, 1.82) is 0 Å². The zero-order valence-corrected chi connectivity index (χ0v) is 17.2. The van der Waals surface area contributed by atoms with Gasteiger partial charge >= 0.3 is 0 Å². The number of benzene rings is 2. The largest absolute Gasteiger partial charge is 0.309 e. The topological polar surface area (TPSA) is 38.1 Å². The van der Waals surface area contributed by atoms with E-state index in [4.69, 9.17) is 11.6 Å². The molecule has 1 aliphatic rings. The molecule has 0 radical (unpaired) electrons. The molecule has 28 heavy (non-hydrogen) atoms. The van der Waals surface area contributed by atoms with Gasteiger partial charge in [0.25, 0.3) is 5.91 Å². The van der Waals surface area contributed by atoms with Crippen molar-refractivity contribution in [3.8, 4) is 5.69 Å². The first-order valence-corrected chi connectivity index (χ1v) is 9.83. The maximum Gasteiger partial charge on any atom is 0.278 e. The Bertz CT molecular complexity index is 1100. The van der Waals surface area contributed by atoms with Crippen LogP contribution in [0, 0.1) is 11.6 Å². The smallest absolute Gasteiger partial charge is 0.278 e. The van der Waals surface area contributed by atoms with Crippen LogP contribution in [0.2, 0.25) is 5.02 Å². The van der Waals surface area contributed by atoms with Gasteiger partial charge in [-0.3, -0.25) is 4.79 Å². The highest BCUT2D eigenvalue weighted by atomic mass is 79.9. The number of halogens is 4. The molecule has 4 rings (SSSR count). The Hall–Kier alpha value is -2.25. The van der Waals surface area contributed by atoms with E-state index in [0.717, 1.165) is 40.7 Å². The Morgan fingerprint density at radius 3 is 2.68 bits per heavy atom. The van der Waals surface area contributed by atoms with Crippen LogP contribution in [-0.4, -0.2) is 22.7 Å². The van der Waals surface area contributed by atoms with Crippen molar-refractivity contribution < 1.29 is 13.6 Å². The van der Waals surface area contributed by atoms with Gasteiger partial charge in [-0.25, -0.2) is 13.5 Å². The predicted molar refractivity (Wildman–Crippen MR) is 107 cm³/mol. The van der Waals surface area contributed by atoms with Gasteiger partial charge in [-0.1, -0.05) is 27.5 Å². The van der Waals surface area contributed by atoms with Crippen LogP contribution >= 0.6 is 27.5 Å². The molecule has 0 saturated heterocycles. The average Bonchev–Trinajstić information content (AvgIpc) is 3.25. The zero-order valence-electron chi connectivity index (χ0n) is 14.8. The van der Waals surface area contributed by atoms with E-state index >= 15 is 0 Å². The van der Waals surface area contributed by atoms with E-state index in [1.54, 1.807) is 25.2 Å². The molecule has 1 aromatic heterocycles. The van der Waals surface area contributed by atoms with Crippen molar-refractivity contribution in [3.63, 3.8) is 0 Å². The third kappa shape index (κ3) is 3.22. The Morgan fingerprint density at radius 2 is 1.96 bits per heavy atom. The molecular weight excluding hydrogens is 452 g/mol. The molecule has 1 aliphatic carbocycles. The summed E-state index contributed by atoms with van der Waals surface area (Å²) in [6, 6.07) is 8.86. The SMILES string of the molecule is CN(C(=O)c1nn(-c2ccc(F)c(F)c2)c2c1CCC2)c1ccc(Br)cc1Cl. The molecule has 144 valence electrons. The quantitative estimate of drug-likeness (QED) is 0.523. The van der Waals surface area contributed by atoms with Crippen LogP contribution in [-0.2, 0) is 12.8 Å². The number of aromatic nitrogens is 2. The Morgan fingerprint density at radius 1 is 1.18 bits per heavy atom. The second-order valence-corrected chi connectivity index (χ2v) is 7.92. The van der Waals surface area contributed by atoms with Crippen LogP contribution in [0.25, 0.3) is 5.69 Å². The fourth-order valence-corrected chi connectivity index (χ4v) is 4.26. The number of rotatable bonds is 3. The molecule has 0 fully saturated rings. The van der Waals surface area contributed by atoms with E-state index in [2.05, 4.69) is 21.0 Å². The molecule has 0 N–H and O–H groups in total. The molecular formula is C20H15BrClF2N3O. The standard InChI is InChI=1S/C20H15BrClF2N3O/c1-26(18-8-5-11(21)9-14(18)22)20(28)19-13-3-2-4-17(13)27(25-19)12-6-7-15(23)16(24)10-12/h5-10H,2-4H2,1H3. The summed E-state index contributed by atoms with van der Waals surface area (Å²) in [5.41, 5.74) is 2.95. The van der Waals surface area contributed by atoms with Gasteiger partial charge in [0.15, 0.2) is 17.3 Å². The van der Waals surface area contributed by atoms with E-state index in [9.17, 15) is 13.6 Å². The monoisotopic (exact) mass is 465 g/mol. The molecule has 0 bridgehead atoms. The second kappa shape index (κ2) is 7.29. The lowest BCUT2D eigenvalue weighted by Crippen LogP contribution is -2.28. The minimum absolute atomic E-state index is 0.302. The van der Waals surface area contributed by atoms with Crippen LogP contribution in [0.15, 0.2) is 40.9 Å². The van der Waals surface area contributed by atoms with E-state index in [1.807, 2.05) is 0 Å². The van der Waals surface area contributed by atoms with Crippen LogP contribution in [0.5, 0.6) is 0 Å². The first-order valence-electron chi connectivity index (χ1n) is 8.66. The Balaban J connectivity index is 1.76. The van der Waals surface area contributed by atoms with Gasteiger partial charge in [-0.2, -0.15) is 5.10 Å². The number of amides is 1. The average molecular weight is 467 g/mol. The second-order valence-electron chi connectivity index (χ2n) is 6.60. The van der Waals surface area contributed by atoms with Crippen molar-refractivity contribution in [2.24, 2.45) is 0 Å². The molecule has 8 heteroatoms. The first-order chi connectivity index (χ1) is 13.4. The number of hydrogen-bond donors (Lipinski definition) is 0. The molecule has 0 spiro atoms. The first kappa shape index (κ1) is 19.1. The normalized spacial score (nSPS) is 12.9. The van der Waals surface area contributed by atoms with E-state index in [-0.39, 0.29) is 5.91 Å². The summed E-state index contributed by atoms with van der Waals surface area (Å²) in [5.74, 6) is -2.18. The number of hydrogen-bond acceptors (Lipinski definition) is 2. The van der Waals surface area contributed by atoms with Crippen molar-refractivity contribution >= 4 is 39.1 Å². The lowest BCUT2D eigenvalue weighted by molar-refractivity contribution is 0.0987. The zero-order chi connectivity index (χ0) is 20.0. The van der Waals surface area contributed by atoms with Crippen molar-refractivity contribution in [3.05, 3.63) is 74.5 Å². The summed E-state index contributed by atoms with van der Waals surface area (Å²) in [6.45, 7) is 0. The Kier molecular flexibility index (Phi) is 4.97. The van der Waals surface area contributed by atoms with Gasteiger partial charge in [0, 0.05) is 28.8 Å². The molecule has 3 aromatic rings. The molecule has 2 aromatic carbocycles. The number of anilines is 1. The fraction of sp³-hybridized carbons (Fsp3) is 0.200. The summed E-state index contributed by atoms with van der Waals surface area (Å²) in [4.78, 5) is 14.6. The summed E-state index contributed by atoms with van der Waals surface area (Å²) in [5, 5.41) is 4.88. The summed E-state index contributed by atoms with van der Waals surface area (Å²) in [6.07, 6.45) is 2.30. The van der Waals surface area contributed by atoms with Gasteiger partial charge in [0.05, 0.1) is 16.4 Å². The fourth-order valence-electron chi connectivity index (χ4n) is 3.46. The molecule has 4 nitrogen and oxygen atoms in total. The number of fused-ring (bicyclic) bond motifs is 1. The van der Waals surface area contributed by atoms with Crippen LogP contribution in [0.3, 0.4) is 0 Å². The molecule has 1 amide bonds. The van der Waals surface area contributed by atoms with Crippen molar-refractivity contribution in [2.45, 2.75) is 19.3 Å². The predicted octanol–water partition coefficient (Wildman–Crippen LogP) is 5.33. The van der Waals surface area contributed by atoms with Crippen LogP contribution < -0.4 is 4.90 Å². The van der Waals surface area contributed by atoms with Gasteiger partial charge in [-0.05, 0) is 49.6 Å². The van der Waals surface area contributed by atoms with E-state index < -0.39 is 11.6 Å². The summed E-state index contributed by atoms with van der Waals surface area (Å²) in [7, 11) is 1.63. The van der Waals surface area contributed by atoms with Crippen molar-refractivity contribution in [2.75, 3.05) is 11.9 Å². The van der Waals surface area contributed by atoms with Crippen LogP contribution in [0.1, 0.15) is 28.2 Å². The highest BCUT2D eigenvalue weighted by molar-refractivity contribution is 9.10. The minimum atomic E-state index is -0.952. The van der Waals surface area contributed by atoms with Gasteiger partial charge in [-0.15, -0.1) is 0 Å². The minimum Gasteiger partial charge on any atom is -0.309 e. The number of nitrogens with zero attached hydrogens (tertiary/aromatic N) is 3. The third-order valence-electron chi connectivity index (χ3n) is 4.86. The lowest BCUT2D eigenvalue weighted by Gasteiger charge is -2.18. The van der Waals surface area contributed by atoms with E-state index in [1.165, 1.54) is 15.6 Å². The third-order valence-corrected chi connectivity index (χ3v) is 5.65.